The zero-order chi connectivity index (χ0) is 14.5. The molecule has 0 radical (unpaired) electrons. The smallest absolute Gasteiger partial charge is 0.0414 e. The van der Waals surface area contributed by atoms with E-state index in [9.17, 15) is 0 Å². The minimum Gasteiger partial charge on any atom is -0.359 e. The number of hydrogen-bond donors (Lipinski definition) is 1. The Hall–Kier alpha value is -1.50. The lowest BCUT2D eigenvalue weighted by molar-refractivity contribution is 0.836. The molecule has 1 heteroatoms. The van der Waals surface area contributed by atoms with E-state index in [0.717, 1.165) is 25.0 Å². The fourth-order valence-electron chi connectivity index (χ4n) is 3.13. The van der Waals surface area contributed by atoms with E-state index in [4.69, 9.17) is 0 Å². The van der Waals surface area contributed by atoms with Crippen molar-refractivity contribution in [2.45, 2.75) is 59.3 Å². The summed E-state index contributed by atoms with van der Waals surface area (Å²) in [6.07, 6.45) is 6.97. The number of benzene rings is 1. The Labute approximate surface area is 123 Å². The van der Waals surface area contributed by atoms with Gasteiger partial charge in [0.1, 0.15) is 0 Å². The third-order valence-corrected chi connectivity index (χ3v) is 4.18. The lowest BCUT2D eigenvalue weighted by Gasteiger charge is -2.14. The van der Waals surface area contributed by atoms with Gasteiger partial charge in [0.15, 0.2) is 0 Å². The normalized spacial score (nSPS) is 16.1. The molecule has 1 heterocycles. The quantitative estimate of drug-likeness (QED) is 0.714. The molecule has 0 saturated heterocycles. The Kier molecular flexibility index (Phi) is 5.05. The molecule has 1 aliphatic heterocycles. The lowest BCUT2D eigenvalue weighted by Crippen LogP contribution is -1.98. The number of aryl methyl sites for hydroxylation is 1. The molecular formula is C19H27N. The van der Waals surface area contributed by atoms with Crippen LogP contribution in [0.2, 0.25) is 0 Å². The summed E-state index contributed by atoms with van der Waals surface area (Å²) in [5, 5.41) is 3.45. The van der Waals surface area contributed by atoms with E-state index in [1.165, 1.54) is 41.6 Å². The number of hydrogen-bond acceptors (Lipinski definition) is 1. The Bertz CT molecular complexity index is 523. The summed E-state index contributed by atoms with van der Waals surface area (Å²) in [7, 11) is 0. The van der Waals surface area contributed by atoms with Crippen molar-refractivity contribution in [3.8, 4) is 0 Å². The van der Waals surface area contributed by atoms with Gasteiger partial charge in [0, 0.05) is 11.4 Å². The summed E-state index contributed by atoms with van der Waals surface area (Å²) in [6.45, 7) is 10.9. The maximum Gasteiger partial charge on any atom is 0.0414 e. The molecule has 1 aromatic carbocycles. The maximum atomic E-state index is 4.08. The molecule has 0 saturated carbocycles. The zero-order valence-electron chi connectivity index (χ0n) is 13.2. The lowest BCUT2D eigenvalue weighted by atomic mass is 9.93. The first kappa shape index (κ1) is 14.9. The van der Waals surface area contributed by atoms with Crippen LogP contribution < -0.4 is 5.32 Å². The predicted octanol–water partition coefficient (Wildman–Crippen LogP) is 5.93. The molecule has 1 aromatic rings. The van der Waals surface area contributed by atoms with Gasteiger partial charge in [-0.1, -0.05) is 38.5 Å². The molecule has 0 atom stereocenters. The highest BCUT2D eigenvalue weighted by Gasteiger charge is 2.12. The Morgan fingerprint density at radius 3 is 2.75 bits per heavy atom. The molecule has 1 N–H and O–H groups in total. The molecule has 1 nitrogen and oxygen atoms in total. The van der Waals surface area contributed by atoms with Gasteiger partial charge in [-0.2, -0.15) is 0 Å². The van der Waals surface area contributed by atoms with E-state index in [1.807, 2.05) is 0 Å². The molecule has 0 aliphatic carbocycles. The number of nitrogens with one attached hydrogen (secondary N) is 1. The van der Waals surface area contributed by atoms with E-state index in [0.29, 0.717) is 0 Å². The second-order valence-electron chi connectivity index (χ2n) is 5.82. The van der Waals surface area contributed by atoms with Crippen molar-refractivity contribution in [3.63, 3.8) is 0 Å². The molecule has 20 heavy (non-hydrogen) atoms. The van der Waals surface area contributed by atoms with Gasteiger partial charge in [-0.15, -0.1) is 0 Å². The molecule has 0 bridgehead atoms. The largest absolute Gasteiger partial charge is 0.359 e. The molecular weight excluding hydrogens is 242 g/mol. The van der Waals surface area contributed by atoms with Crippen LogP contribution in [0.15, 0.2) is 36.0 Å². The van der Waals surface area contributed by atoms with Gasteiger partial charge in [0.05, 0.1) is 0 Å². The summed E-state index contributed by atoms with van der Waals surface area (Å²) in [4.78, 5) is 0. The van der Waals surface area contributed by atoms with Crippen molar-refractivity contribution in [1.29, 1.82) is 0 Å². The van der Waals surface area contributed by atoms with Gasteiger partial charge in [-0.25, -0.2) is 0 Å². The van der Waals surface area contributed by atoms with Gasteiger partial charge in [0.2, 0.25) is 0 Å². The predicted molar refractivity (Wildman–Crippen MR) is 89.9 cm³/mol. The van der Waals surface area contributed by atoms with Gasteiger partial charge >= 0.3 is 0 Å². The fourth-order valence-corrected chi connectivity index (χ4v) is 3.13. The van der Waals surface area contributed by atoms with Crippen molar-refractivity contribution < 1.29 is 0 Å². The molecule has 108 valence electrons. The van der Waals surface area contributed by atoms with Crippen LogP contribution >= 0.6 is 0 Å². The topological polar surface area (TPSA) is 12.0 Å². The Morgan fingerprint density at radius 1 is 1.25 bits per heavy atom. The van der Waals surface area contributed by atoms with Crippen LogP contribution in [-0.4, -0.2) is 0 Å². The van der Waals surface area contributed by atoms with Crippen molar-refractivity contribution >= 4 is 11.3 Å². The summed E-state index contributed by atoms with van der Waals surface area (Å²) in [5.41, 5.74) is 8.31. The number of fused-ring (bicyclic) bond motifs is 1. The second-order valence-corrected chi connectivity index (χ2v) is 5.82. The van der Waals surface area contributed by atoms with Crippen LogP contribution in [0.1, 0.15) is 64.0 Å². The molecule has 0 fully saturated rings. The first-order valence-corrected chi connectivity index (χ1v) is 7.92. The van der Waals surface area contributed by atoms with E-state index >= 15 is 0 Å². The SMILES string of the molecule is C=C1CCCc2cc(/C(CC)=C(\C)CCC)ccc2N1. The highest BCUT2D eigenvalue weighted by atomic mass is 14.9. The first-order valence-electron chi connectivity index (χ1n) is 7.92. The summed E-state index contributed by atoms with van der Waals surface area (Å²) >= 11 is 0. The van der Waals surface area contributed by atoms with Crippen LogP contribution in [0.3, 0.4) is 0 Å². The van der Waals surface area contributed by atoms with Gasteiger partial charge in [-0.05, 0) is 67.9 Å². The van der Waals surface area contributed by atoms with Gasteiger partial charge < -0.3 is 5.32 Å². The maximum absolute atomic E-state index is 4.08. The van der Waals surface area contributed by atoms with E-state index < -0.39 is 0 Å². The molecule has 0 spiro atoms. The third kappa shape index (κ3) is 3.33. The van der Waals surface area contributed by atoms with Crippen molar-refractivity contribution in [2.75, 3.05) is 5.32 Å². The van der Waals surface area contributed by atoms with Crippen LogP contribution in [0, 0.1) is 0 Å². The van der Waals surface area contributed by atoms with Crippen molar-refractivity contribution in [1.82, 2.24) is 0 Å². The van der Waals surface area contributed by atoms with E-state index in [-0.39, 0.29) is 0 Å². The minimum atomic E-state index is 1.08. The van der Waals surface area contributed by atoms with Crippen molar-refractivity contribution in [3.05, 3.63) is 47.2 Å². The summed E-state index contributed by atoms with van der Waals surface area (Å²) in [5.74, 6) is 0. The molecule has 0 unspecified atom stereocenters. The first-order chi connectivity index (χ1) is 9.65. The number of rotatable bonds is 4. The van der Waals surface area contributed by atoms with Crippen molar-refractivity contribution in [2.24, 2.45) is 0 Å². The molecule has 0 amide bonds. The summed E-state index contributed by atoms with van der Waals surface area (Å²) < 4.78 is 0. The Morgan fingerprint density at radius 2 is 2.05 bits per heavy atom. The molecule has 2 rings (SSSR count). The van der Waals surface area contributed by atoms with Crippen LogP contribution in [0.4, 0.5) is 5.69 Å². The fraction of sp³-hybridized carbons (Fsp3) is 0.474. The number of allylic oxidation sites excluding steroid dienone is 3. The highest BCUT2D eigenvalue weighted by molar-refractivity contribution is 5.71. The van der Waals surface area contributed by atoms with Gasteiger partial charge in [0.25, 0.3) is 0 Å². The minimum absolute atomic E-state index is 1.08. The van der Waals surface area contributed by atoms with Crippen LogP contribution in [0.5, 0.6) is 0 Å². The third-order valence-electron chi connectivity index (χ3n) is 4.18. The summed E-state index contributed by atoms with van der Waals surface area (Å²) in [6, 6.07) is 6.89. The number of anilines is 1. The van der Waals surface area contributed by atoms with E-state index in [1.54, 1.807) is 5.57 Å². The van der Waals surface area contributed by atoms with Crippen LogP contribution in [0.25, 0.3) is 5.57 Å². The van der Waals surface area contributed by atoms with Crippen LogP contribution in [-0.2, 0) is 6.42 Å². The average molecular weight is 269 g/mol. The monoisotopic (exact) mass is 269 g/mol. The standard InChI is InChI=1S/C19H27N/c1-5-8-14(3)18(6-2)16-11-12-19-17(13-16)10-7-9-15(4)20-19/h11-13,20H,4-10H2,1-3H3/b18-14+. The molecule has 1 aliphatic rings. The molecule has 0 aromatic heterocycles. The van der Waals surface area contributed by atoms with Gasteiger partial charge in [-0.3, -0.25) is 0 Å². The average Bonchev–Trinajstić information content (AvgIpc) is 2.60. The second kappa shape index (κ2) is 6.78. The highest BCUT2D eigenvalue weighted by Crippen LogP contribution is 2.31. The van der Waals surface area contributed by atoms with E-state index in [2.05, 4.69) is 50.9 Å². The zero-order valence-corrected chi connectivity index (χ0v) is 13.2. The Balaban J connectivity index is 2.37.